The summed E-state index contributed by atoms with van der Waals surface area (Å²) in [5.74, 6) is -0.724. The summed E-state index contributed by atoms with van der Waals surface area (Å²) in [7, 11) is 0. The normalized spacial score (nSPS) is 11.0. The molecule has 0 aliphatic rings. The van der Waals surface area contributed by atoms with Crippen molar-refractivity contribution in [3.05, 3.63) is 57.0 Å². The molecule has 0 unspecified atom stereocenters. The van der Waals surface area contributed by atoms with Gasteiger partial charge < -0.3 is 10.1 Å². The topological polar surface area (TPSA) is 103 Å². The van der Waals surface area contributed by atoms with Gasteiger partial charge in [-0.25, -0.2) is 9.78 Å². The second-order valence-corrected chi connectivity index (χ2v) is 7.17. The standard InChI is InChI=1S/C18H18N4O4S/c1-10(2)16-21-22-15(24)8-12(20-18(22)27-16)9-26-17(25)13-6-4-5-7-14(13)19-11(3)23/h4-8,10H,9H2,1-3H3,(H,19,23). The maximum Gasteiger partial charge on any atom is 0.340 e. The molecule has 140 valence electrons. The molecule has 8 nitrogen and oxygen atoms in total. The van der Waals surface area contributed by atoms with Crippen LogP contribution >= 0.6 is 11.3 Å². The first-order valence-electron chi connectivity index (χ1n) is 8.28. The number of benzene rings is 1. The van der Waals surface area contributed by atoms with Gasteiger partial charge in [0.05, 0.1) is 16.9 Å². The number of ether oxygens (including phenoxy) is 1. The van der Waals surface area contributed by atoms with E-state index in [1.165, 1.54) is 28.8 Å². The van der Waals surface area contributed by atoms with Crippen LogP contribution < -0.4 is 10.9 Å². The second-order valence-electron chi connectivity index (χ2n) is 6.18. The Hall–Kier alpha value is -3.07. The molecule has 0 saturated heterocycles. The van der Waals surface area contributed by atoms with Crippen LogP contribution in [0.5, 0.6) is 0 Å². The molecule has 0 radical (unpaired) electrons. The zero-order valence-electron chi connectivity index (χ0n) is 15.1. The Morgan fingerprint density at radius 3 is 2.74 bits per heavy atom. The van der Waals surface area contributed by atoms with Crippen molar-refractivity contribution in [2.45, 2.75) is 33.3 Å². The number of nitrogens with one attached hydrogen (secondary N) is 1. The summed E-state index contributed by atoms with van der Waals surface area (Å²) >= 11 is 1.33. The van der Waals surface area contributed by atoms with E-state index in [1.54, 1.807) is 24.3 Å². The third kappa shape index (κ3) is 4.20. The number of aromatic nitrogens is 3. The summed E-state index contributed by atoms with van der Waals surface area (Å²) in [5.41, 5.74) is 0.602. The van der Waals surface area contributed by atoms with Gasteiger partial charge in [0.15, 0.2) is 0 Å². The van der Waals surface area contributed by atoms with Crippen LogP contribution in [0.25, 0.3) is 4.96 Å². The molecule has 0 bridgehead atoms. The molecule has 9 heteroatoms. The summed E-state index contributed by atoms with van der Waals surface area (Å²) < 4.78 is 6.53. The highest BCUT2D eigenvalue weighted by Crippen LogP contribution is 2.20. The van der Waals surface area contributed by atoms with Crippen LogP contribution in [0.3, 0.4) is 0 Å². The van der Waals surface area contributed by atoms with Crippen LogP contribution in [-0.2, 0) is 16.1 Å². The van der Waals surface area contributed by atoms with Crippen molar-refractivity contribution in [1.29, 1.82) is 0 Å². The molecule has 27 heavy (non-hydrogen) atoms. The lowest BCUT2D eigenvalue weighted by Crippen LogP contribution is -2.17. The number of anilines is 1. The Labute approximate surface area is 158 Å². The lowest BCUT2D eigenvalue weighted by atomic mass is 10.2. The number of esters is 1. The van der Waals surface area contributed by atoms with E-state index in [9.17, 15) is 14.4 Å². The number of carbonyl (C=O) groups excluding carboxylic acids is 2. The van der Waals surface area contributed by atoms with Gasteiger partial charge in [-0.05, 0) is 12.1 Å². The van der Waals surface area contributed by atoms with Gasteiger partial charge >= 0.3 is 5.97 Å². The fourth-order valence-electron chi connectivity index (χ4n) is 2.36. The first-order valence-corrected chi connectivity index (χ1v) is 9.10. The van der Waals surface area contributed by atoms with Gasteiger partial charge in [0.25, 0.3) is 5.56 Å². The Balaban J connectivity index is 1.80. The van der Waals surface area contributed by atoms with Crippen molar-refractivity contribution < 1.29 is 14.3 Å². The average molecular weight is 386 g/mol. The van der Waals surface area contributed by atoms with Crippen molar-refractivity contribution >= 4 is 33.9 Å². The lowest BCUT2D eigenvalue weighted by molar-refractivity contribution is -0.114. The Morgan fingerprint density at radius 1 is 1.30 bits per heavy atom. The highest BCUT2D eigenvalue weighted by Gasteiger charge is 2.15. The lowest BCUT2D eigenvalue weighted by Gasteiger charge is -2.09. The Kier molecular flexibility index (Phi) is 5.31. The third-order valence-corrected chi connectivity index (χ3v) is 4.83. The summed E-state index contributed by atoms with van der Waals surface area (Å²) in [5, 5.41) is 7.63. The summed E-state index contributed by atoms with van der Waals surface area (Å²) in [6.07, 6.45) is 0. The predicted molar refractivity (Wildman–Crippen MR) is 101 cm³/mol. The molecule has 0 fully saturated rings. The minimum Gasteiger partial charge on any atom is -0.456 e. The van der Waals surface area contributed by atoms with Crippen molar-refractivity contribution in [3.63, 3.8) is 0 Å². The Bertz CT molecular complexity index is 1070. The molecule has 3 rings (SSSR count). The van der Waals surface area contributed by atoms with Crippen molar-refractivity contribution in [1.82, 2.24) is 14.6 Å². The van der Waals surface area contributed by atoms with E-state index >= 15 is 0 Å². The monoisotopic (exact) mass is 386 g/mol. The molecule has 1 amide bonds. The molecule has 0 spiro atoms. The van der Waals surface area contributed by atoms with Gasteiger partial charge in [-0.15, -0.1) is 0 Å². The quantitative estimate of drug-likeness (QED) is 0.676. The fourth-order valence-corrected chi connectivity index (χ4v) is 3.28. The number of rotatable bonds is 5. The maximum atomic E-state index is 12.4. The zero-order chi connectivity index (χ0) is 19.6. The van der Waals surface area contributed by atoms with Gasteiger partial charge in [0.2, 0.25) is 10.9 Å². The molecule has 2 heterocycles. The van der Waals surface area contributed by atoms with E-state index in [4.69, 9.17) is 4.74 Å². The first-order chi connectivity index (χ1) is 12.8. The molecular formula is C18H18N4O4S. The summed E-state index contributed by atoms with van der Waals surface area (Å²) in [6.45, 7) is 5.17. The molecule has 0 atom stereocenters. The third-order valence-electron chi connectivity index (χ3n) is 3.62. The summed E-state index contributed by atoms with van der Waals surface area (Å²) in [4.78, 5) is 40.6. The molecule has 0 saturated carbocycles. The van der Waals surface area contributed by atoms with Crippen LogP contribution in [-0.4, -0.2) is 26.5 Å². The minimum atomic E-state index is -0.617. The molecule has 0 aliphatic heterocycles. The fraction of sp³-hybridized carbons (Fsp3) is 0.278. The molecule has 2 aromatic heterocycles. The van der Waals surface area contributed by atoms with Gasteiger partial charge in [-0.1, -0.05) is 37.3 Å². The number of amides is 1. The SMILES string of the molecule is CC(=O)Nc1ccccc1C(=O)OCc1cc(=O)n2nc(C(C)C)sc2n1. The smallest absolute Gasteiger partial charge is 0.340 e. The number of carbonyl (C=O) groups is 2. The van der Waals surface area contributed by atoms with Crippen LogP contribution in [0.4, 0.5) is 5.69 Å². The van der Waals surface area contributed by atoms with Crippen LogP contribution in [0.2, 0.25) is 0 Å². The van der Waals surface area contributed by atoms with E-state index in [1.807, 2.05) is 13.8 Å². The van der Waals surface area contributed by atoms with Crippen LogP contribution in [0.15, 0.2) is 35.1 Å². The van der Waals surface area contributed by atoms with E-state index < -0.39 is 5.97 Å². The van der Waals surface area contributed by atoms with Crippen LogP contribution in [0, 0.1) is 0 Å². The second kappa shape index (κ2) is 7.67. The molecule has 3 aromatic rings. The van der Waals surface area contributed by atoms with Gasteiger partial charge in [0, 0.05) is 18.9 Å². The van der Waals surface area contributed by atoms with Gasteiger partial charge in [0.1, 0.15) is 11.6 Å². The highest BCUT2D eigenvalue weighted by molar-refractivity contribution is 7.16. The van der Waals surface area contributed by atoms with Crippen LogP contribution in [0.1, 0.15) is 47.7 Å². The van der Waals surface area contributed by atoms with Crippen molar-refractivity contribution in [2.24, 2.45) is 0 Å². The van der Waals surface area contributed by atoms with Crippen molar-refractivity contribution in [3.8, 4) is 0 Å². The first kappa shape index (κ1) is 18.7. The van der Waals surface area contributed by atoms with Gasteiger partial charge in [-0.3, -0.25) is 9.59 Å². The highest BCUT2D eigenvalue weighted by atomic mass is 32.1. The molecule has 1 aromatic carbocycles. The number of nitrogens with zero attached hydrogens (tertiary/aromatic N) is 3. The Morgan fingerprint density at radius 2 is 2.04 bits per heavy atom. The zero-order valence-corrected chi connectivity index (χ0v) is 15.9. The summed E-state index contributed by atoms with van der Waals surface area (Å²) in [6, 6.07) is 7.83. The molecular weight excluding hydrogens is 368 g/mol. The van der Waals surface area contributed by atoms with Gasteiger partial charge in [-0.2, -0.15) is 9.61 Å². The number of fused-ring (bicyclic) bond motifs is 1. The minimum absolute atomic E-state index is 0.159. The largest absolute Gasteiger partial charge is 0.456 e. The van der Waals surface area contributed by atoms with Crippen molar-refractivity contribution in [2.75, 3.05) is 5.32 Å². The van der Waals surface area contributed by atoms with E-state index in [-0.39, 0.29) is 29.6 Å². The van der Waals surface area contributed by atoms with E-state index in [0.717, 1.165) is 5.01 Å². The average Bonchev–Trinajstić information content (AvgIpc) is 3.05. The number of para-hydroxylation sites is 1. The van der Waals surface area contributed by atoms with E-state index in [2.05, 4.69) is 15.4 Å². The molecule has 1 N–H and O–H groups in total. The predicted octanol–water partition coefficient (Wildman–Crippen LogP) is 2.59. The molecule has 0 aliphatic carbocycles. The van der Waals surface area contributed by atoms with E-state index in [0.29, 0.717) is 16.3 Å². The number of hydrogen-bond acceptors (Lipinski definition) is 7. The number of hydrogen-bond donors (Lipinski definition) is 1. The maximum absolute atomic E-state index is 12.4.